The van der Waals surface area contributed by atoms with Crippen molar-refractivity contribution in [1.82, 2.24) is 10.3 Å². The van der Waals surface area contributed by atoms with E-state index in [1.54, 1.807) is 11.3 Å². The van der Waals surface area contributed by atoms with E-state index in [0.29, 0.717) is 18.1 Å². The Bertz CT molecular complexity index is 315. The number of nitrogens with zero attached hydrogens (tertiary/aromatic N) is 1. The van der Waals surface area contributed by atoms with Gasteiger partial charge in [-0.2, -0.15) is 0 Å². The summed E-state index contributed by atoms with van der Waals surface area (Å²) in [5, 5.41) is 6.92. The zero-order chi connectivity index (χ0) is 12.1. The fraction of sp³-hybridized carbons (Fsp3) is 0.769. The first kappa shape index (κ1) is 13.0. The summed E-state index contributed by atoms with van der Waals surface area (Å²) in [5.74, 6) is 0.495. The smallest absolute Gasteiger partial charge is 0.0965 e. The molecule has 3 atom stereocenters. The van der Waals surface area contributed by atoms with E-state index in [1.165, 1.54) is 30.7 Å². The van der Waals surface area contributed by atoms with Gasteiger partial charge in [-0.15, -0.1) is 11.3 Å². The maximum atomic E-state index is 5.55. The van der Waals surface area contributed by atoms with Gasteiger partial charge in [0.25, 0.3) is 0 Å². The number of ether oxygens (including phenoxy) is 1. The van der Waals surface area contributed by atoms with E-state index in [1.807, 2.05) is 18.7 Å². The molecule has 3 unspecified atom stereocenters. The minimum absolute atomic E-state index is 0.396. The maximum Gasteiger partial charge on any atom is 0.0965 e. The Hall–Kier alpha value is -0.450. The second kappa shape index (κ2) is 6.47. The molecule has 1 aliphatic carbocycles. The molecule has 0 aliphatic heterocycles. The highest BCUT2D eigenvalue weighted by Gasteiger charge is 2.24. The van der Waals surface area contributed by atoms with Gasteiger partial charge in [-0.05, 0) is 12.8 Å². The molecule has 0 bridgehead atoms. The van der Waals surface area contributed by atoms with Crippen molar-refractivity contribution in [2.45, 2.75) is 50.7 Å². The second-order valence-corrected chi connectivity index (χ2v) is 5.77. The number of rotatable bonds is 5. The molecule has 1 aliphatic rings. The van der Waals surface area contributed by atoms with Crippen LogP contribution in [0.25, 0.3) is 0 Å². The van der Waals surface area contributed by atoms with E-state index in [0.717, 1.165) is 6.54 Å². The van der Waals surface area contributed by atoms with Gasteiger partial charge >= 0.3 is 0 Å². The number of aromatic nitrogens is 1. The molecule has 17 heavy (non-hydrogen) atoms. The van der Waals surface area contributed by atoms with E-state index in [-0.39, 0.29) is 0 Å². The van der Waals surface area contributed by atoms with Gasteiger partial charge in [-0.1, -0.05) is 19.8 Å². The summed E-state index contributed by atoms with van der Waals surface area (Å²) in [6, 6.07) is 0.524. The van der Waals surface area contributed by atoms with Crippen LogP contribution in [0.2, 0.25) is 0 Å². The van der Waals surface area contributed by atoms with Gasteiger partial charge in [0, 0.05) is 37.2 Å². The molecule has 1 aromatic rings. The number of hydrogen-bond acceptors (Lipinski definition) is 4. The molecule has 96 valence electrons. The van der Waals surface area contributed by atoms with Crippen molar-refractivity contribution in [3.63, 3.8) is 0 Å². The summed E-state index contributed by atoms with van der Waals surface area (Å²) in [5.41, 5.74) is 0. The van der Waals surface area contributed by atoms with Crippen molar-refractivity contribution in [2.75, 3.05) is 13.7 Å². The van der Waals surface area contributed by atoms with Crippen LogP contribution in [-0.4, -0.2) is 30.8 Å². The van der Waals surface area contributed by atoms with E-state index >= 15 is 0 Å². The Morgan fingerprint density at radius 1 is 1.53 bits per heavy atom. The topological polar surface area (TPSA) is 34.1 Å². The van der Waals surface area contributed by atoms with E-state index in [4.69, 9.17) is 4.74 Å². The molecule has 1 fully saturated rings. The first-order valence-corrected chi connectivity index (χ1v) is 7.34. The van der Waals surface area contributed by atoms with E-state index in [2.05, 4.69) is 17.2 Å². The Labute approximate surface area is 108 Å². The summed E-state index contributed by atoms with van der Waals surface area (Å²) < 4.78 is 5.55. The van der Waals surface area contributed by atoms with Gasteiger partial charge < -0.3 is 10.1 Å². The lowest BCUT2D eigenvalue weighted by atomic mass is 9.92. The minimum atomic E-state index is 0.396. The van der Waals surface area contributed by atoms with Crippen LogP contribution in [0, 0.1) is 0 Å². The monoisotopic (exact) mass is 254 g/mol. The molecule has 0 radical (unpaired) electrons. The van der Waals surface area contributed by atoms with Crippen LogP contribution >= 0.6 is 11.3 Å². The fourth-order valence-electron chi connectivity index (χ4n) is 2.51. The zero-order valence-electron chi connectivity index (χ0n) is 10.7. The summed E-state index contributed by atoms with van der Waals surface area (Å²) in [4.78, 5) is 4.37. The molecule has 0 spiro atoms. The molecule has 0 saturated heterocycles. The van der Waals surface area contributed by atoms with E-state index < -0.39 is 0 Å². The average molecular weight is 254 g/mol. The quantitative estimate of drug-likeness (QED) is 0.877. The van der Waals surface area contributed by atoms with Gasteiger partial charge in [0.05, 0.1) is 11.1 Å². The highest BCUT2D eigenvalue weighted by Crippen LogP contribution is 2.22. The van der Waals surface area contributed by atoms with Gasteiger partial charge in [-0.3, -0.25) is 0 Å². The van der Waals surface area contributed by atoms with Crippen molar-refractivity contribution in [3.05, 3.63) is 16.6 Å². The predicted octanol–water partition coefficient (Wildman–Crippen LogP) is 2.79. The van der Waals surface area contributed by atoms with Crippen LogP contribution in [0.3, 0.4) is 0 Å². The molecule has 2 rings (SSSR count). The second-order valence-electron chi connectivity index (χ2n) is 4.84. The first-order chi connectivity index (χ1) is 8.31. The molecule has 1 N–H and O–H groups in total. The Kier molecular flexibility index (Phi) is 4.95. The van der Waals surface area contributed by atoms with Crippen LogP contribution in [0.5, 0.6) is 0 Å². The van der Waals surface area contributed by atoms with E-state index in [9.17, 15) is 0 Å². The third-order valence-electron chi connectivity index (χ3n) is 3.56. The minimum Gasteiger partial charge on any atom is -0.380 e. The van der Waals surface area contributed by atoms with Gasteiger partial charge in [0.15, 0.2) is 0 Å². The molecular formula is C13H22N2OS. The molecule has 1 heterocycles. The summed E-state index contributed by atoms with van der Waals surface area (Å²) in [7, 11) is 1.83. The first-order valence-electron chi connectivity index (χ1n) is 6.47. The number of methoxy groups -OCH3 is 1. The highest BCUT2D eigenvalue weighted by molar-refractivity contribution is 7.09. The number of hydrogen-bond donors (Lipinski definition) is 1. The van der Waals surface area contributed by atoms with Crippen molar-refractivity contribution >= 4 is 11.3 Å². The molecular weight excluding hydrogens is 232 g/mol. The number of nitrogens with one attached hydrogen (secondary N) is 1. The Morgan fingerprint density at radius 2 is 2.35 bits per heavy atom. The molecule has 0 aromatic carbocycles. The largest absolute Gasteiger partial charge is 0.380 e. The molecule has 1 aromatic heterocycles. The zero-order valence-corrected chi connectivity index (χ0v) is 11.5. The fourth-order valence-corrected chi connectivity index (χ4v) is 3.20. The van der Waals surface area contributed by atoms with Crippen LogP contribution in [0.1, 0.15) is 43.5 Å². The average Bonchev–Trinajstić information content (AvgIpc) is 2.90. The van der Waals surface area contributed by atoms with Crippen molar-refractivity contribution in [3.8, 4) is 0 Å². The molecule has 3 nitrogen and oxygen atoms in total. The van der Waals surface area contributed by atoms with Crippen LogP contribution in [0.4, 0.5) is 0 Å². The summed E-state index contributed by atoms with van der Waals surface area (Å²) >= 11 is 1.74. The SMILES string of the molecule is COC1CCCCC1NCC(C)c1nccs1. The Balaban J connectivity index is 1.80. The number of thiazole rings is 1. The lowest BCUT2D eigenvalue weighted by molar-refractivity contribution is 0.0416. The lowest BCUT2D eigenvalue weighted by Crippen LogP contribution is -2.44. The third kappa shape index (κ3) is 3.50. The third-order valence-corrected chi connectivity index (χ3v) is 4.57. The van der Waals surface area contributed by atoms with Crippen molar-refractivity contribution in [2.24, 2.45) is 0 Å². The van der Waals surface area contributed by atoms with Crippen molar-refractivity contribution in [1.29, 1.82) is 0 Å². The molecule has 0 amide bonds. The summed E-state index contributed by atoms with van der Waals surface area (Å²) in [6.07, 6.45) is 7.34. The Morgan fingerprint density at radius 3 is 3.06 bits per heavy atom. The predicted molar refractivity (Wildman–Crippen MR) is 71.6 cm³/mol. The normalized spacial score (nSPS) is 26.9. The lowest BCUT2D eigenvalue weighted by Gasteiger charge is -2.31. The molecule has 1 saturated carbocycles. The molecule has 4 heteroatoms. The summed E-state index contributed by atoms with van der Waals surface area (Å²) in [6.45, 7) is 3.23. The van der Waals surface area contributed by atoms with Crippen LogP contribution in [0.15, 0.2) is 11.6 Å². The van der Waals surface area contributed by atoms with Gasteiger partial charge in [-0.25, -0.2) is 4.98 Å². The van der Waals surface area contributed by atoms with Crippen LogP contribution < -0.4 is 5.32 Å². The van der Waals surface area contributed by atoms with Gasteiger partial charge in [0.1, 0.15) is 0 Å². The van der Waals surface area contributed by atoms with Gasteiger partial charge in [0.2, 0.25) is 0 Å². The maximum absolute atomic E-state index is 5.55. The van der Waals surface area contributed by atoms with Crippen molar-refractivity contribution < 1.29 is 4.74 Å². The van der Waals surface area contributed by atoms with Crippen LogP contribution in [-0.2, 0) is 4.74 Å². The highest BCUT2D eigenvalue weighted by atomic mass is 32.1. The standard InChI is InChI=1S/C13H22N2OS/c1-10(13-14-7-8-17-13)9-15-11-5-3-4-6-12(11)16-2/h7-8,10-12,15H,3-6,9H2,1-2H3.